The molecule has 0 fully saturated rings. The molecular formula is C14H20N2O3. The Hall–Kier alpha value is -2.04. The molecule has 0 spiro atoms. The van der Waals surface area contributed by atoms with Gasteiger partial charge in [0.25, 0.3) is 0 Å². The fraction of sp³-hybridized carbons (Fsp3) is 0.429. The number of urea groups is 1. The van der Waals surface area contributed by atoms with E-state index < -0.39 is 18.0 Å². The number of para-hydroxylation sites is 1. The van der Waals surface area contributed by atoms with Crippen LogP contribution >= 0.6 is 0 Å². The van der Waals surface area contributed by atoms with E-state index in [1.165, 1.54) is 0 Å². The van der Waals surface area contributed by atoms with Crippen LogP contribution in [0.25, 0.3) is 0 Å². The third-order valence-corrected chi connectivity index (χ3v) is 2.84. The fourth-order valence-electron chi connectivity index (χ4n) is 1.70. The maximum absolute atomic E-state index is 11.8. The first kappa shape index (κ1) is 15.0. The highest BCUT2D eigenvalue weighted by Crippen LogP contribution is 2.13. The SMILES string of the molecule is CCCC[C@H](NC(=O)Nc1ccccc1C)C(=O)O. The molecule has 0 aliphatic rings. The standard InChI is InChI=1S/C14H20N2O3/c1-3-4-8-12(13(17)18)16-14(19)15-11-9-6-5-7-10(11)2/h5-7,9,12H,3-4,8H2,1-2H3,(H,17,18)(H2,15,16,19)/t12-/m0/s1. The van der Waals surface area contributed by atoms with Crippen LogP contribution in [0.1, 0.15) is 31.7 Å². The Morgan fingerprint density at radius 2 is 2.00 bits per heavy atom. The van der Waals surface area contributed by atoms with Crippen molar-refractivity contribution in [1.29, 1.82) is 0 Å². The summed E-state index contributed by atoms with van der Waals surface area (Å²) in [5.74, 6) is -1.01. The Morgan fingerprint density at radius 1 is 1.32 bits per heavy atom. The van der Waals surface area contributed by atoms with E-state index in [0.29, 0.717) is 12.1 Å². The molecule has 0 bridgehead atoms. The molecule has 0 radical (unpaired) electrons. The third-order valence-electron chi connectivity index (χ3n) is 2.84. The summed E-state index contributed by atoms with van der Waals surface area (Å²) in [6.07, 6.45) is 2.10. The monoisotopic (exact) mass is 264 g/mol. The van der Waals surface area contributed by atoms with Gasteiger partial charge in [0.1, 0.15) is 6.04 Å². The van der Waals surface area contributed by atoms with Crippen LogP contribution in [0.3, 0.4) is 0 Å². The molecule has 1 aromatic carbocycles. The highest BCUT2D eigenvalue weighted by atomic mass is 16.4. The molecule has 2 amide bonds. The summed E-state index contributed by atoms with van der Waals surface area (Å²) in [7, 11) is 0. The number of amides is 2. The van der Waals surface area contributed by atoms with Gasteiger partial charge in [0.2, 0.25) is 0 Å². The van der Waals surface area contributed by atoms with Gasteiger partial charge in [0.15, 0.2) is 0 Å². The normalized spacial score (nSPS) is 11.7. The zero-order chi connectivity index (χ0) is 14.3. The summed E-state index contributed by atoms with van der Waals surface area (Å²) in [6, 6.07) is 6.01. The molecule has 5 nitrogen and oxygen atoms in total. The first-order valence-electron chi connectivity index (χ1n) is 6.40. The number of hydrogen-bond acceptors (Lipinski definition) is 2. The van der Waals surface area contributed by atoms with Crippen LogP contribution < -0.4 is 10.6 Å². The number of rotatable bonds is 6. The Labute approximate surface area is 113 Å². The van der Waals surface area contributed by atoms with Gasteiger partial charge >= 0.3 is 12.0 Å². The lowest BCUT2D eigenvalue weighted by Gasteiger charge is -2.15. The third kappa shape index (κ3) is 4.99. The van der Waals surface area contributed by atoms with Crippen LogP contribution in [0.5, 0.6) is 0 Å². The van der Waals surface area contributed by atoms with E-state index in [1.54, 1.807) is 6.07 Å². The molecule has 1 rings (SSSR count). The van der Waals surface area contributed by atoms with Crippen molar-refractivity contribution in [2.45, 2.75) is 39.2 Å². The minimum atomic E-state index is -1.01. The number of nitrogens with one attached hydrogen (secondary N) is 2. The van der Waals surface area contributed by atoms with Crippen molar-refractivity contribution < 1.29 is 14.7 Å². The molecule has 1 atom stereocenters. The zero-order valence-electron chi connectivity index (χ0n) is 11.3. The molecule has 0 heterocycles. The van der Waals surface area contributed by atoms with E-state index in [-0.39, 0.29) is 0 Å². The Kier molecular flexibility index (Phi) is 5.85. The second-order valence-corrected chi connectivity index (χ2v) is 4.45. The molecule has 0 aliphatic carbocycles. The molecule has 104 valence electrons. The summed E-state index contributed by atoms with van der Waals surface area (Å²) >= 11 is 0. The second-order valence-electron chi connectivity index (χ2n) is 4.45. The van der Waals surface area contributed by atoms with Crippen molar-refractivity contribution in [2.24, 2.45) is 0 Å². The lowest BCUT2D eigenvalue weighted by Crippen LogP contribution is -2.43. The van der Waals surface area contributed by atoms with Gasteiger partial charge in [-0.25, -0.2) is 9.59 Å². The Morgan fingerprint density at radius 3 is 2.58 bits per heavy atom. The summed E-state index contributed by atoms with van der Waals surface area (Å²) in [5.41, 5.74) is 1.61. The molecule has 0 aliphatic heterocycles. The van der Waals surface area contributed by atoms with Crippen molar-refractivity contribution in [2.75, 3.05) is 5.32 Å². The van der Waals surface area contributed by atoms with Crippen LogP contribution in [0.15, 0.2) is 24.3 Å². The van der Waals surface area contributed by atoms with Crippen molar-refractivity contribution >= 4 is 17.7 Å². The summed E-state index contributed by atoms with van der Waals surface area (Å²) in [5, 5.41) is 14.2. The molecule has 5 heteroatoms. The summed E-state index contributed by atoms with van der Waals surface area (Å²) in [6.45, 7) is 3.85. The van der Waals surface area contributed by atoms with Crippen LogP contribution in [-0.2, 0) is 4.79 Å². The number of carbonyl (C=O) groups excluding carboxylic acids is 1. The van der Waals surface area contributed by atoms with Gasteiger partial charge in [0.05, 0.1) is 0 Å². The van der Waals surface area contributed by atoms with E-state index in [2.05, 4.69) is 10.6 Å². The molecule has 0 saturated carbocycles. The lowest BCUT2D eigenvalue weighted by molar-refractivity contribution is -0.139. The van der Waals surface area contributed by atoms with E-state index >= 15 is 0 Å². The number of hydrogen-bond donors (Lipinski definition) is 3. The number of benzene rings is 1. The predicted molar refractivity (Wildman–Crippen MR) is 74.3 cm³/mol. The van der Waals surface area contributed by atoms with E-state index in [4.69, 9.17) is 5.11 Å². The number of anilines is 1. The highest BCUT2D eigenvalue weighted by Gasteiger charge is 2.19. The van der Waals surface area contributed by atoms with Gasteiger partial charge in [-0.3, -0.25) is 0 Å². The average molecular weight is 264 g/mol. The molecule has 0 aromatic heterocycles. The quantitative estimate of drug-likeness (QED) is 0.739. The van der Waals surface area contributed by atoms with E-state index in [0.717, 1.165) is 18.4 Å². The smallest absolute Gasteiger partial charge is 0.326 e. The minimum absolute atomic E-state index is 0.438. The first-order valence-corrected chi connectivity index (χ1v) is 6.40. The number of carbonyl (C=O) groups is 2. The minimum Gasteiger partial charge on any atom is -0.480 e. The van der Waals surface area contributed by atoms with Crippen molar-refractivity contribution in [1.82, 2.24) is 5.32 Å². The molecule has 0 unspecified atom stereocenters. The summed E-state index contributed by atoms with van der Waals surface area (Å²) < 4.78 is 0. The number of aryl methyl sites for hydroxylation is 1. The highest BCUT2D eigenvalue weighted by molar-refractivity contribution is 5.92. The Balaban J connectivity index is 2.58. The van der Waals surface area contributed by atoms with Crippen LogP contribution in [-0.4, -0.2) is 23.1 Å². The topological polar surface area (TPSA) is 78.4 Å². The van der Waals surface area contributed by atoms with Gasteiger partial charge in [-0.2, -0.15) is 0 Å². The van der Waals surface area contributed by atoms with E-state index in [1.807, 2.05) is 32.0 Å². The molecular weight excluding hydrogens is 244 g/mol. The molecule has 0 saturated heterocycles. The van der Waals surface area contributed by atoms with Gasteiger partial charge in [-0.05, 0) is 25.0 Å². The molecule has 19 heavy (non-hydrogen) atoms. The molecule has 3 N–H and O–H groups in total. The number of aliphatic carboxylic acids is 1. The average Bonchev–Trinajstić information content (AvgIpc) is 2.37. The van der Waals surface area contributed by atoms with Crippen LogP contribution in [0.4, 0.5) is 10.5 Å². The van der Waals surface area contributed by atoms with E-state index in [9.17, 15) is 9.59 Å². The largest absolute Gasteiger partial charge is 0.480 e. The van der Waals surface area contributed by atoms with Crippen molar-refractivity contribution in [3.8, 4) is 0 Å². The van der Waals surface area contributed by atoms with Crippen molar-refractivity contribution in [3.05, 3.63) is 29.8 Å². The number of carboxylic acid groups (broad SMARTS) is 1. The van der Waals surface area contributed by atoms with Gasteiger partial charge in [-0.1, -0.05) is 38.0 Å². The lowest BCUT2D eigenvalue weighted by atomic mass is 10.1. The predicted octanol–water partition coefficient (Wildman–Crippen LogP) is 2.76. The van der Waals surface area contributed by atoms with Gasteiger partial charge in [0, 0.05) is 5.69 Å². The number of carboxylic acids is 1. The Bertz CT molecular complexity index is 446. The maximum Gasteiger partial charge on any atom is 0.326 e. The van der Waals surface area contributed by atoms with Gasteiger partial charge in [-0.15, -0.1) is 0 Å². The van der Waals surface area contributed by atoms with Crippen molar-refractivity contribution in [3.63, 3.8) is 0 Å². The first-order chi connectivity index (χ1) is 9.04. The summed E-state index contributed by atoms with van der Waals surface area (Å²) in [4.78, 5) is 22.8. The maximum atomic E-state index is 11.8. The second kappa shape index (κ2) is 7.41. The van der Waals surface area contributed by atoms with Crippen LogP contribution in [0, 0.1) is 6.92 Å². The molecule has 1 aromatic rings. The number of unbranched alkanes of at least 4 members (excludes halogenated alkanes) is 1. The zero-order valence-corrected chi connectivity index (χ0v) is 11.3. The van der Waals surface area contributed by atoms with Gasteiger partial charge < -0.3 is 15.7 Å². The fourth-order valence-corrected chi connectivity index (χ4v) is 1.70. The van der Waals surface area contributed by atoms with Crippen LogP contribution in [0.2, 0.25) is 0 Å².